The first kappa shape index (κ1) is 26.4. The van der Waals surface area contributed by atoms with Crippen molar-refractivity contribution in [3.63, 3.8) is 0 Å². The number of hydrogen-bond acceptors (Lipinski definition) is 4. The third-order valence-corrected chi connectivity index (χ3v) is 9.89. The standard InChI is InChI=1S/C32H33BrN2O3/c1-30(2)31(3)18-19-32(30,20-27(31)34-38-28(36)25-16-10-11-17-26(25)33)29(37)35(21-23-12-6-4-7-13-23)22-24-14-8-5-9-15-24/h4-17H,18-22H2,1-3H3/b34-27+. The fourth-order valence-electron chi connectivity index (χ4n) is 6.38. The average Bonchev–Trinajstić information content (AvgIpc) is 3.23. The molecule has 38 heavy (non-hydrogen) atoms. The van der Waals surface area contributed by atoms with Crippen LogP contribution >= 0.6 is 15.9 Å². The lowest BCUT2D eigenvalue weighted by Gasteiger charge is -2.42. The van der Waals surface area contributed by atoms with Gasteiger partial charge in [-0.3, -0.25) is 4.79 Å². The summed E-state index contributed by atoms with van der Waals surface area (Å²) < 4.78 is 0.661. The van der Waals surface area contributed by atoms with Gasteiger partial charge in [-0.2, -0.15) is 0 Å². The van der Waals surface area contributed by atoms with E-state index in [4.69, 9.17) is 4.84 Å². The van der Waals surface area contributed by atoms with Gasteiger partial charge in [0.05, 0.1) is 16.7 Å². The number of benzene rings is 3. The summed E-state index contributed by atoms with van der Waals surface area (Å²) in [6.45, 7) is 7.59. The summed E-state index contributed by atoms with van der Waals surface area (Å²) in [6, 6.07) is 27.4. The van der Waals surface area contributed by atoms with Crippen LogP contribution in [0.15, 0.2) is 94.6 Å². The lowest BCUT2D eigenvalue weighted by atomic mass is 9.64. The van der Waals surface area contributed by atoms with Crippen molar-refractivity contribution in [3.8, 4) is 0 Å². The Morgan fingerprint density at radius 3 is 1.97 bits per heavy atom. The van der Waals surface area contributed by atoms with Gasteiger partial charge in [0.25, 0.3) is 0 Å². The van der Waals surface area contributed by atoms with E-state index in [0.717, 1.165) is 29.7 Å². The highest BCUT2D eigenvalue weighted by Crippen LogP contribution is 2.71. The molecule has 2 aliphatic carbocycles. The molecule has 0 N–H and O–H groups in total. The van der Waals surface area contributed by atoms with Gasteiger partial charge in [0.1, 0.15) is 0 Å². The third kappa shape index (κ3) is 4.39. The maximum Gasteiger partial charge on any atom is 0.366 e. The van der Waals surface area contributed by atoms with Crippen molar-refractivity contribution in [2.45, 2.75) is 53.1 Å². The second-order valence-electron chi connectivity index (χ2n) is 11.2. The molecule has 3 aromatic rings. The average molecular weight is 574 g/mol. The SMILES string of the molecule is CC12CCC(C(=O)N(Cc3ccccc3)Cc3ccccc3)(C/C1=N\OC(=O)c1ccccc1Br)C2(C)C. The molecule has 0 saturated heterocycles. The molecule has 196 valence electrons. The van der Waals surface area contributed by atoms with E-state index >= 15 is 0 Å². The predicted molar refractivity (Wildman–Crippen MR) is 152 cm³/mol. The minimum Gasteiger partial charge on any atom is -0.334 e. The van der Waals surface area contributed by atoms with Crippen molar-refractivity contribution in [3.05, 3.63) is 106 Å². The van der Waals surface area contributed by atoms with Crippen molar-refractivity contribution < 1.29 is 14.4 Å². The Morgan fingerprint density at radius 2 is 1.39 bits per heavy atom. The second kappa shape index (κ2) is 10.1. The van der Waals surface area contributed by atoms with Crippen LogP contribution in [0.2, 0.25) is 0 Å². The summed E-state index contributed by atoms with van der Waals surface area (Å²) >= 11 is 3.41. The van der Waals surface area contributed by atoms with Gasteiger partial charge in [0.2, 0.25) is 5.91 Å². The quantitative estimate of drug-likeness (QED) is 0.219. The number of carbonyl (C=O) groups is 2. The highest BCUT2D eigenvalue weighted by Gasteiger charge is 2.72. The number of hydrogen-bond donors (Lipinski definition) is 0. The molecule has 0 radical (unpaired) electrons. The van der Waals surface area contributed by atoms with Crippen molar-refractivity contribution in [1.82, 2.24) is 4.90 Å². The maximum absolute atomic E-state index is 14.6. The van der Waals surface area contributed by atoms with Crippen molar-refractivity contribution >= 4 is 33.5 Å². The largest absolute Gasteiger partial charge is 0.366 e. The fourth-order valence-corrected chi connectivity index (χ4v) is 6.82. The number of carbonyl (C=O) groups excluding carboxylic acids is 2. The molecule has 0 spiro atoms. The lowest BCUT2D eigenvalue weighted by molar-refractivity contribution is -0.148. The van der Waals surface area contributed by atoms with Gasteiger partial charge in [-0.15, -0.1) is 0 Å². The van der Waals surface area contributed by atoms with Crippen LogP contribution in [0.5, 0.6) is 0 Å². The molecular formula is C32H33BrN2O3. The highest BCUT2D eigenvalue weighted by molar-refractivity contribution is 9.10. The van der Waals surface area contributed by atoms with Crippen LogP contribution in [0.25, 0.3) is 0 Å². The minimum absolute atomic E-state index is 0.140. The summed E-state index contributed by atoms with van der Waals surface area (Å²) in [5, 5.41) is 4.42. The van der Waals surface area contributed by atoms with E-state index in [0.29, 0.717) is 29.5 Å². The third-order valence-electron chi connectivity index (χ3n) is 9.20. The number of halogens is 1. The van der Waals surface area contributed by atoms with Crippen LogP contribution in [-0.2, 0) is 22.7 Å². The first-order valence-electron chi connectivity index (χ1n) is 13.1. The molecule has 2 bridgehead atoms. The van der Waals surface area contributed by atoms with E-state index in [1.54, 1.807) is 18.2 Å². The number of rotatable bonds is 7. The second-order valence-corrected chi connectivity index (χ2v) is 12.1. The molecule has 5 rings (SSSR count). The Balaban J connectivity index is 1.46. The summed E-state index contributed by atoms with van der Waals surface area (Å²) in [6.07, 6.45) is 2.09. The topological polar surface area (TPSA) is 59.0 Å². The van der Waals surface area contributed by atoms with Gasteiger partial charge in [0, 0.05) is 29.4 Å². The molecule has 2 fully saturated rings. The molecule has 0 aliphatic heterocycles. The maximum atomic E-state index is 14.6. The number of amides is 1. The van der Waals surface area contributed by atoms with Crippen molar-refractivity contribution in [2.24, 2.45) is 21.4 Å². The van der Waals surface area contributed by atoms with Gasteiger partial charge in [-0.1, -0.05) is 98.7 Å². The van der Waals surface area contributed by atoms with Gasteiger partial charge < -0.3 is 9.74 Å². The van der Waals surface area contributed by atoms with E-state index in [2.05, 4.69) is 66.1 Å². The summed E-state index contributed by atoms with van der Waals surface area (Å²) in [5.41, 5.74) is 2.09. The molecule has 2 unspecified atom stereocenters. The molecule has 0 aromatic heterocycles. The van der Waals surface area contributed by atoms with Gasteiger partial charge in [0.15, 0.2) is 0 Å². The fraction of sp³-hybridized carbons (Fsp3) is 0.344. The Kier molecular flexibility index (Phi) is 7.03. The zero-order valence-electron chi connectivity index (χ0n) is 22.1. The molecule has 2 atom stereocenters. The Bertz CT molecular complexity index is 1330. The van der Waals surface area contributed by atoms with Crippen molar-refractivity contribution in [1.29, 1.82) is 0 Å². The monoisotopic (exact) mass is 572 g/mol. The van der Waals surface area contributed by atoms with Crippen LogP contribution < -0.4 is 0 Å². The summed E-state index contributed by atoms with van der Waals surface area (Å²) in [7, 11) is 0. The van der Waals surface area contributed by atoms with Crippen LogP contribution in [0.1, 0.15) is 61.5 Å². The number of oxime groups is 1. The molecule has 1 amide bonds. The molecule has 5 nitrogen and oxygen atoms in total. The van der Waals surface area contributed by atoms with E-state index in [1.165, 1.54) is 0 Å². The predicted octanol–water partition coefficient (Wildman–Crippen LogP) is 7.41. The molecule has 2 aliphatic rings. The minimum atomic E-state index is -0.621. The number of nitrogens with zero attached hydrogens (tertiary/aromatic N) is 2. The van der Waals surface area contributed by atoms with Gasteiger partial charge in [-0.25, -0.2) is 4.79 Å². The molecule has 3 aromatic carbocycles. The summed E-state index contributed by atoms with van der Waals surface area (Å²) in [5.74, 6) is -0.370. The zero-order chi connectivity index (χ0) is 27.0. The first-order valence-corrected chi connectivity index (χ1v) is 13.9. The molecular weight excluding hydrogens is 540 g/mol. The van der Waals surface area contributed by atoms with Crippen LogP contribution in [0.4, 0.5) is 0 Å². The Labute approximate surface area is 233 Å². The summed E-state index contributed by atoms with van der Waals surface area (Å²) in [4.78, 5) is 34.9. The van der Waals surface area contributed by atoms with E-state index < -0.39 is 11.4 Å². The zero-order valence-corrected chi connectivity index (χ0v) is 23.7. The molecule has 2 saturated carbocycles. The van der Waals surface area contributed by atoms with E-state index in [-0.39, 0.29) is 16.7 Å². The number of fused-ring (bicyclic) bond motifs is 2. The van der Waals surface area contributed by atoms with Crippen molar-refractivity contribution in [2.75, 3.05) is 0 Å². The highest BCUT2D eigenvalue weighted by atomic mass is 79.9. The Morgan fingerprint density at radius 1 is 0.842 bits per heavy atom. The Hall–Kier alpha value is -3.25. The smallest absolute Gasteiger partial charge is 0.334 e. The molecule has 6 heteroatoms. The van der Waals surface area contributed by atoms with Crippen LogP contribution in [0.3, 0.4) is 0 Å². The van der Waals surface area contributed by atoms with E-state index in [9.17, 15) is 9.59 Å². The molecule has 0 heterocycles. The van der Waals surface area contributed by atoms with Gasteiger partial charge >= 0.3 is 5.97 Å². The van der Waals surface area contributed by atoms with Gasteiger partial charge in [-0.05, 0) is 57.4 Å². The first-order chi connectivity index (χ1) is 18.2. The van der Waals surface area contributed by atoms with E-state index in [1.807, 2.05) is 47.4 Å². The normalized spacial score (nSPS) is 24.4. The van der Waals surface area contributed by atoms with Crippen LogP contribution in [-0.4, -0.2) is 22.5 Å². The van der Waals surface area contributed by atoms with Crippen LogP contribution in [0, 0.1) is 16.2 Å². The lowest BCUT2D eigenvalue weighted by Crippen LogP contribution is -2.48.